The number of carbonyl (C=O) groups excluding carboxylic acids is 4. The third kappa shape index (κ3) is 40.8. The van der Waals surface area contributed by atoms with Crippen LogP contribution in [0.3, 0.4) is 0 Å². The SMILES string of the molecule is CC(=O)/C=C(/C)[O-].CC(=O)/C=C(/C)[O-].CC(=O)CC1=[C-]CCCCCC1.C[C-]=O.[Pt+4]. The van der Waals surface area contributed by atoms with Crippen molar-refractivity contribution < 1.29 is 50.5 Å². The molecule has 0 saturated heterocycles. The Kier molecular flexibility index (Phi) is 29.9. The molecule has 1 rings (SSSR count). The number of hydrogen-bond acceptors (Lipinski definition) is 6. The summed E-state index contributed by atoms with van der Waals surface area (Å²) in [5, 5.41) is 20.0. The van der Waals surface area contributed by atoms with E-state index in [9.17, 15) is 24.6 Å². The first-order chi connectivity index (χ1) is 13.5. The van der Waals surface area contributed by atoms with Gasteiger partial charge in [-0.15, -0.1) is 11.5 Å². The average Bonchev–Trinajstić information content (AvgIpc) is 2.48. The van der Waals surface area contributed by atoms with Crippen molar-refractivity contribution in [2.24, 2.45) is 0 Å². The molecule has 0 aromatic carbocycles. The van der Waals surface area contributed by atoms with E-state index in [1.807, 2.05) is 0 Å². The first kappa shape index (κ1) is 35.6. The monoisotopic (exact) mass is 601 g/mol. The summed E-state index contributed by atoms with van der Waals surface area (Å²) >= 11 is 0. The molecule has 0 spiro atoms. The molecule has 7 heteroatoms. The first-order valence-corrected chi connectivity index (χ1v) is 9.54. The third-order valence-corrected chi connectivity index (χ3v) is 3.06. The maximum Gasteiger partial charge on any atom is 4.00 e. The van der Waals surface area contributed by atoms with Crippen LogP contribution in [0.5, 0.6) is 0 Å². The summed E-state index contributed by atoms with van der Waals surface area (Å²) in [5.74, 6) is -0.474. The van der Waals surface area contributed by atoms with Crippen molar-refractivity contribution in [3.05, 3.63) is 35.3 Å². The van der Waals surface area contributed by atoms with Crippen LogP contribution in [-0.4, -0.2) is 23.6 Å². The standard InChI is InChI=1S/C11H17O.2C5H8O2.C2H3O.Pt/c1-10(12)9-11-7-5-3-2-4-6-8-11;2*1-4(6)3-5(2)7;1-2-3;/h2-7,9H2,1H3;2*3,6H,1-2H3;1H3;/q-1;;;-1;+4/p-2/b;2*4-3-;;. The van der Waals surface area contributed by atoms with E-state index >= 15 is 0 Å². The van der Waals surface area contributed by atoms with E-state index < -0.39 is 0 Å². The van der Waals surface area contributed by atoms with Gasteiger partial charge in [0.1, 0.15) is 5.78 Å². The van der Waals surface area contributed by atoms with Gasteiger partial charge in [0.25, 0.3) is 0 Å². The molecule has 6 nitrogen and oxygen atoms in total. The maximum atomic E-state index is 10.8. The molecule has 30 heavy (non-hydrogen) atoms. The molecule has 0 aromatic rings. The van der Waals surface area contributed by atoms with Crippen molar-refractivity contribution in [2.45, 2.75) is 86.5 Å². The van der Waals surface area contributed by atoms with Crippen LogP contribution in [0.25, 0.3) is 0 Å². The summed E-state index contributed by atoms with van der Waals surface area (Å²) in [5.41, 5.74) is 1.25. The number of Topliss-reactive ketones (excluding diaryl/α,β-unsaturated/α-hetero) is 1. The number of allylic oxidation sites excluding steroid dienone is 6. The summed E-state index contributed by atoms with van der Waals surface area (Å²) in [7, 11) is 0. The Morgan fingerprint density at radius 3 is 1.60 bits per heavy atom. The summed E-state index contributed by atoms with van der Waals surface area (Å²) in [6.45, 7) is 8.37. The van der Waals surface area contributed by atoms with Gasteiger partial charge in [-0.2, -0.15) is 13.3 Å². The van der Waals surface area contributed by atoms with E-state index in [0.717, 1.165) is 25.0 Å². The predicted molar refractivity (Wildman–Crippen MR) is 110 cm³/mol. The van der Waals surface area contributed by atoms with E-state index in [1.165, 1.54) is 72.2 Å². The molecule has 0 heterocycles. The van der Waals surface area contributed by atoms with E-state index in [4.69, 9.17) is 4.79 Å². The molecular formula is C23H34O6Pt. The van der Waals surface area contributed by atoms with Crippen molar-refractivity contribution in [1.82, 2.24) is 0 Å². The smallest absolute Gasteiger partial charge is 0.876 e. The van der Waals surface area contributed by atoms with Crippen molar-refractivity contribution >= 4 is 23.6 Å². The minimum absolute atomic E-state index is 0. The van der Waals surface area contributed by atoms with E-state index in [0.29, 0.717) is 6.42 Å². The van der Waals surface area contributed by atoms with Gasteiger partial charge in [0.2, 0.25) is 0 Å². The second-order valence-corrected chi connectivity index (χ2v) is 6.51. The van der Waals surface area contributed by atoms with Gasteiger partial charge in [0, 0.05) is 0 Å². The fourth-order valence-corrected chi connectivity index (χ4v) is 2.19. The molecule has 1 aliphatic carbocycles. The topological polar surface area (TPSA) is 114 Å². The summed E-state index contributed by atoms with van der Waals surface area (Å²) in [4.78, 5) is 39.5. The zero-order valence-corrected chi connectivity index (χ0v) is 21.1. The Bertz CT molecular complexity index is 553. The molecule has 172 valence electrons. The second kappa shape index (κ2) is 25.2. The fourth-order valence-electron chi connectivity index (χ4n) is 2.19. The minimum Gasteiger partial charge on any atom is -0.876 e. The van der Waals surface area contributed by atoms with Crippen LogP contribution in [0.2, 0.25) is 0 Å². The third-order valence-electron chi connectivity index (χ3n) is 3.06. The van der Waals surface area contributed by atoms with Crippen molar-refractivity contribution in [3.8, 4) is 0 Å². The number of rotatable bonds is 4. The largest absolute Gasteiger partial charge is 4.00 e. The van der Waals surface area contributed by atoms with Gasteiger partial charge < -0.3 is 21.1 Å². The molecule has 0 aliphatic heterocycles. The second-order valence-electron chi connectivity index (χ2n) is 6.51. The van der Waals surface area contributed by atoms with Crippen molar-refractivity contribution in [1.29, 1.82) is 0 Å². The summed E-state index contributed by atoms with van der Waals surface area (Å²) in [6, 6.07) is 0. The Balaban J connectivity index is -0.000000164. The van der Waals surface area contributed by atoms with Crippen molar-refractivity contribution in [3.63, 3.8) is 0 Å². The molecule has 0 fully saturated rings. The van der Waals surface area contributed by atoms with Gasteiger partial charge in [0.15, 0.2) is 11.6 Å². The van der Waals surface area contributed by atoms with Gasteiger partial charge in [-0.3, -0.25) is 20.7 Å². The average molecular weight is 602 g/mol. The Labute approximate surface area is 195 Å². The summed E-state index contributed by atoms with van der Waals surface area (Å²) < 4.78 is 0. The van der Waals surface area contributed by atoms with Crippen LogP contribution in [0.1, 0.15) is 86.5 Å². The molecule has 0 unspecified atom stereocenters. The van der Waals surface area contributed by atoms with Gasteiger partial charge >= 0.3 is 21.1 Å². The Hall–Kier alpha value is -1.81. The number of hydrogen-bond donors (Lipinski definition) is 0. The van der Waals surface area contributed by atoms with Crippen LogP contribution < -0.4 is 10.2 Å². The van der Waals surface area contributed by atoms with Gasteiger partial charge in [-0.1, -0.05) is 46.0 Å². The zero-order valence-electron chi connectivity index (χ0n) is 18.9. The molecule has 0 radical (unpaired) electrons. The molecule has 0 saturated carbocycles. The van der Waals surface area contributed by atoms with Crippen LogP contribution in [0, 0.1) is 6.08 Å². The van der Waals surface area contributed by atoms with Gasteiger partial charge in [0.05, 0.1) is 0 Å². The molecule has 0 bridgehead atoms. The van der Waals surface area contributed by atoms with Gasteiger partial charge in [-0.05, 0) is 39.3 Å². The van der Waals surface area contributed by atoms with Crippen LogP contribution in [-0.2, 0) is 40.2 Å². The van der Waals surface area contributed by atoms with Gasteiger partial charge in [-0.25, -0.2) is 5.57 Å². The molecule has 0 atom stereocenters. The number of ketones is 3. The molecular weight excluding hydrogens is 567 g/mol. The fraction of sp³-hybridized carbons (Fsp3) is 0.565. The Morgan fingerprint density at radius 2 is 1.30 bits per heavy atom. The predicted octanol–water partition coefficient (Wildman–Crippen LogP) is 2.84. The maximum absolute atomic E-state index is 10.8. The van der Waals surface area contributed by atoms with E-state index in [-0.39, 0.29) is 49.9 Å². The minimum atomic E-state index is -0.187. The van der Waals surface area contributed by atoms with Crippen LogP contribution in [0.4, 0.5) is 0 Å². The summed E-state index contributed by atoms with van der Waals surface area (Å²) in [6.07, 6.45) is 14.9. The molecule has 0 N–H and O–H groups in total. The van der Waals surface area contributed by atoms with Crippen molar-refractivity contribution in [2.75, 3.05) is 0 Å². The Morgan fingerprint density at radius 1 is 0.900 bits per heavy atom. The van der Waals surface area contributed by atoms with E-state index in [1.54, 1.807) is 6.92 Å². The number of carbonyl (C=O) groups is 3. The first-order valence-electron chi connectivity index (χ1n) is 9.54. The van der Waals surface area contributed by atoms with Crippen LogP contribution >= 0.6 is 0 Å². The van der Waals surface area contributed by atoms with Crippen LogP contribution in [0.15, 0.2) is 29.2 Å². The molecule has 0 amide bonds. The van der Waals surface area contributed by atoms with E-state index in [2.05, 4.69) is 6.08 Å². The zero-order chi connectivity index (χ0) is 23.2. The molecule has 0 aromatic heterocycles. The normalized spacial score (nSPS) is 13.5. The molecule has 1 aliphatic rings. The quantitative estimate of drug-likeness (QED) is 0.278.